The average Bonchev–Trinajstić information content (AvgIpc) is 2.11. The highest BCUT2D eigenvalue weighted by molar-refractivity contribution is 5.47. The molecule has 2 heteroatoms. The monoisotopic (exact) mass is 165 g/mol. The summed E-state index contributed by atoms with van der Waals surface area (Å²) in [7, 11) is 0. The Morgan fingerprint density at radius 3 is 3.08 bits per heavy atom. The first-order valence-corrected chi connectivity index (χ1v) is 4.78. The normalized spacial score (nSPS) is 39.2. The number of hydrogen-bond donors (Lipinski definition) is 1. The Balaban J connectivity index is 2.05. The van der Waals surface area contributed by atoms with Gasteiger partial charge in [0, 0.05) is 6.04 Å². The van der Waals surface area contributed by atoms with E-state index in [1.807, 2.05) is 0 Å². The van der Waals surface area contributed by atoms with E-state index in [0.29, 0.717) is 12.0 Å². The number of carbonyl (C=O) groups excluding carboxylic acids is 1. The third kappa shape index (κ3) is 1.38. The van der Waals surface area contributed by atoms with Gasteiger partial charge in [0.25, 0.3) is 0 Å². The van der Waals surface area contributed by atoms with Crippen LogP contribution in [0.3, 0.4) is 0 Å². The summed E-state index contributed by atoms with van der Waals surface area (Å²) in [5.74, 6) is 1.51. The van der Waals surface area contributed by atoms with Gasteiger partial charge in [-0.25, -0.2) is 0 Å². The maximum absolute atomic E-state index is 10.3. The minimum Gasteiger partial charge on any atom is -0.352 e. The lowest BCUT2D eigenvalue weighted by Gasteiger charge is -2.35. The number of allylic oxidation sites excluding steroid dienone is 1. The summed E-state index contributed by atoms with van der Waals surface area (Å²) in [5, 5.41) is 2.87. The summed E-state index contributed by atoms with van der Waals surface area (Å²) in [6.07, 6.45) is 10.5. The van der Waals surface area contributed by atoms with Crippen LogP contribution in [0.4, 0.5) is 0 Å². The van der Waals surface area contributed by atoms with Gasteiger partial charge in [0.2, 0.25) is 6.41 Å². The van der Waals surface area contributed by atoms with Crippen LogP contribution in [0.1, 0.15) is 25.7 Å². The Hall–Kier alpha value is -0.790. The minimum absolute atomic E-state index is 0.319. The second-order valence-electron chi connectivity index (χ2n) is 3.88. The van der Waals surface area contributed by atoms with Gasteiger partial charge in [0.05, 0.1) is 0 Å². The van der Waals surface area contributed by atoms with E-state index in [4.69, 9.17) is 0 Å². The molecular formula is C10H15NO. The maximum atomic E-state index is 10.3. The Labute approximate surface area is 73.0 Å². The largest absolute Gasteiger partial charge is 0.352 e. The number of amides is 1. The van der Waals surface area contributed by atoms with Gasteiger partial charge in [0.15, 0.2) is 0 Å². The van der Waals surface area contributed by atoms with Crippen molar-refractivity contribution in [1.82, 2.24) is 5.32 Å². The van der Waals surface area contributed by atoms with Gasteiger partial charge in [-0.3, -0.25) is 4.79 Å². The van der Waals surface area contributed by atoms with Gasteiger partial charge in [-0.2, -0.15) is 0 Å². The highest BCUT2D eigenvalue weighted by atomic mass is 16.1. The van der Waals surface area contributed by atoms with Crippen LogP contribution >= 0.6 is 0 Å². The van der Waals surface area contributed by atoms with Crippen LogP contribution in [0.5, 0.6) is 0 Å². The zero-order valence-corrected chi connectivity index (χ0v) is 7.20. The molecule has 0 spiro atoms. The Kier molecular flexibility index (Phi) is 2.15. The van der Waals surface area contributed by atoms with Crippen LogP contribution in [0.25, 0.3) is 0 Å². The molecule has 1 amide bonds. The molecule has 1 saturated carbocycles. The lowest BCUT2D eigenvalue weighted by molar-refractivity contribution is -0.110. The van der Waals surface area contributed by atoms with E-state index < -0.39 is 0 Å². The van der Waals surface area contributed by atoms with E-state index in [1.54, 1.807) is 0 Å². The second-order valence-corrected chi connectivity index (χ2v) is 3.88. The van der Waals surface area contributed by atoms with Crippen LogP contribution in [0.2, 0.25) is 0 Å². The smallest absolute Gasteiger partial charge is 0.207 e. The van der Waals surface area contributed by atoms with Crippen molar-refractivity contribution in [3.63, 3.8) is 0 Å². The average molecular weight is 165 g/mol. The Morgan fingerprint density at radius 1 is 1.33 bits per heavy atom. The third-order valence-electron chi connectivity index (χ3n) is 3.11. The van der Waals surface area contributed by atoms with Gasteiger partial charge in [-0.05, 0) is 31.1 Å². The zero-order chi connectivity index (χ0) is 8.39. The molecule has 12 heavy (non-hydrogen) atoms. The summed E-state index contributed by atoms with van der Waals surface area (Å²) in [6, 6.07) is 0.319. The van der Waals surface area contributed by atoms with E-state index in [2.05, 4.69) is 17.5 Å². The van der Waals surface area contributed by atoms with Crippen LogP contribution < -0.4 is 5.32 Å². The van der Waals surface area contributed by atoms with Crippen molar-refractivity contribution >= 4 is 6.41 Å². The number of fused-ring (bicyclic) bond motifs is 2. The molecule has 2 aliphatic rings. The van der Waals surface area contributed by atoms with Gasteiger partial charge in [-0.15, -0.1) is 0 Å². The quantitative estimate of drug-likeness (QED) is 0.487. The van der Waals surface area contributed by atoms with E-state index in [9.17, 15) is 4.79 Å². The van der Waals surface area contributed by atoms with E-state index >= 15 is 0 Å². The minimum atomic E-state index is 0.319. The first-order chi connectivity index (χ1) is 5.90. The molecule has 0 saturated heterocycles. The van der Waals surface area contributed by atoms with Crippen molar-refractivity contribution in [2.45, 2.75) is 31.7 Å². The fourth-order valence-corrected chi connectivity index (χ4v) is 2.47. The molecule has 0 aromatic heterocycles. The highest BCUT2D eigenvalue weighted by Gasteiger charge is 2.29. The number of nitrogens with one attached hydrogen (secondary N) is 1. The molecule has 0 radical (unpaired) electrons. The lowest BCUT2D eigenvalue weighted by atomic mass is 9.74. The summed E-state index contributed by atoms with van der Waals surface area (Å²) in [5.41, 5.74) is 0. The van der Waals surface area contributed by atoms with Crippen LogP contribution in [-0.4, -0.2) is 12.5 Å². The van der Waals surface area contributed by atoms with E-state index in [-0.39, 0.29) is 0 Å². The fourth-order valence-electron chi connectivity index (χ4n) is 2.47. The predicted molar refractivity (Wildman–Crippen MR) is 47.6 cm³/mol. The van der Waals surface area contributed by atoms with Crippen LogP contribution in [0.15, 0.2) is 12.2 Å². The summed E-state index contributed by atoms with van der Waals surface area (Å²) < 4.78 is 0. The molecular weight excluding hydrogens is 150 g/mol. The molecule has 2 bridgehead atoms. The highest BCUT2D eigenvalue weighted by Crippen LogP contribution is 2.35. The van der Waals surface area contributed by atoms with E-state index in [0.717, 1.165) is 12.3 Å². The molecule has 66 valence electrons. The molecule has 0 aliphatic heterocycles. The first kappa shape index (κ1) is 7.84. The lowest BCUT2D eigenvalue weighted by Crippen LogP contribution is -2.38. The van der Waals surface area contributed by atoms with Gasteiger partial charge in [-0.1, -0.05) is 18.6 Å². The zero-order valence-electron chi connectivity index (χ0n) is 7.20. The second kappa shape index (κ2) is 3.30. The molecule has 3 unspecified atom stereocenters. The van der Waals surface area contributed by atoms with Gasteiger partial charge >= 0.3 is 0 Å². The Bertz CT molecular complexity index is 200. The summed E-state index contributed by atoms with van der Waals surface area (Å²) in [6.45, 7) is 0. The van der Waals surface area contributed by atoms with Crippen LogP contribution in [-0.2, 0) is 4.79 Å². The van der Waals surface area contributed by atoms with Crippen molar-refractivity contribution < 1.29 is 4.79 Å². The topological polar surface area (TPSA) is 29.1 Å². The third-order valence-corrected chi connectivity index (χ3v) is 3.11. The van der Waals surface area contributed by atoms with E-state index in [1.165, 1.54) is 25.7 Å². The molecule has 0 heterocycles. The molecule has 0 aromatic carbocycles. The molecule has 2 nitrogen and oxygen atoms in total. The standard InChI is InChI=1S/C10H15NO/c12-7-11-10-5-4-8-2-1-3-9(10)6-8/h4-5,7-10H,1-3,6H2,(H,11,12). The molecule has 1 N–H and O–H groups in total. The van der Waals surface area contributed by atoms with Gasteiger partial charge < -0.3 is 5.32 Å². The number of carbonyl (C=O) groups is 1. The van der Waals surface area contributed by atoms with Crippen molar-refractivity contribution in [3.8, 4) is 0 Å². The number of hydrogen-bond acceptors (Lipinski definition) is 1. The molecule has 3 atom stereocenters. The summed E-state index contributed by atoms with van der Waals surface area (Å²) in [4.78, 5) is 10.3. The number of rotatable bonds is 2. The molecule has 2 rings (SSSR count). The Morgan fingerprint density at radius 2 is 2.25 bits per heavy atom. The van der Waals surface area contributed by atoms with Crippen molar-refractivity contribution in [2.75, 3.05) is 0 Å². The molecule has 0 aromatic rings. The SMILES string of the molecule is O=CNC1C=CC2CCCC1C2. The van der Waals surface area contributed by atoms with Crippen molar-refractivity contribution in [3.05, 3.63) is 12.2 Å². The first-order valence-electron chi connectivity index (χ1n) is 4.78. The van der Waals surface area contributed by atoms with Gasteiger partial charge in [0.1, 0.15) is 0 Å². The molecule has 1 fully saturated rings. The predicted octanol–water partition coefficient (Wildman–Crippen LogP) is 1.48. The van der Waals surface area contributed by atoms with Crippen LogP contribution in [0, 0.1) is 11.8 Å². The van der Waals surface area contributed by atoms with Crippen molar-refractivity contribution in [2.24, 2.45) is 11.8 Å². The fraction of sp³-hybridized carbons (Fsp3) is 0.700. The summed E-state index contributed by atoms with van der Waals surface area (Å²) >= 11 is 0. The van der Waals surface area contributed by atoms with Crippen molar-refractivity contribution in [1.29, 1.82) is 0 Å². The molecule has 2 aliphatic carbocycles. The maximum Gasteiger partial charge on any atom is 0.207 e.